The number of fused-ring (bicyclic) bond motifs is 4. The van der Waals surface area contributed by atoms with E-state index in [2.05, 4.69) is 59.9 Å². The van der Waals surface area contributed by atoms with Gasteiger partial charge in [-0.25, -0.2) is 0 Å². The number of para-hydroxylation sites is 2. The predicted molar refractivity (Wildman–Crippen MR) is 113 cm³/mol. The Kier molecular flexibility index (Phi) is 3.56. The summed E-state index contributed by atoms with van der Waals surface area (Å²) in [5.74, 6) is 3.43. The Balaban J connectivity index is 1.84. The van der Waals surface area contributed by atoms with Crippen LogP contribution in [0.5, 0.6) is 23.0 Å². The monoisotopic (exact) mass is 392 g/mol. The van der Waals surface area contributed by atoms with Crippen LogP contribution in [-0.4, -0.2) is 0 Å². The van der Waals surface area contributed by atoms with Gasteiger partial charge < -0.3 is 9.47 Å². The smallest absolute Gasteiger partial charge is 0.256 e. The van der Waals surface area contributed by atoms with Gasteiger partial charge in [0, 0.05) is 23.3 Å². The molecule has 0 amide bonds. The molecule has 0 radical (unpaired) electrons. The van der Waals surface area contributed by atoms with Crippen molar-refractivity contribution in [2.24, 2.45) is 14.1 Å². The molecule has 0 atom stereocenters. The number of pyridine rings is 2. The minimum Gasteiger partial charge on any atom is -0.450 e. The zero-order valence-electron chi connectivity index (χ0n) is 16.8. The van der Waals surface area contributed by atoms with Crippen molar-refractivity contribution in [3.8, 4) is 23.0 Å². The first-order chi connectivity index (χ1) is 14.7. The molecule has 0 unspecified atom stereocenters. The van der Waals surface area contributed by atoms with Gasteiger partial charge in [0.25, 0.3) is 11.4 Å². The molecule has 4 nitrogen and oxygen atoms in total. The minimum atomic E-state index is 0.852. The Labute approximate surface area is 174 Å². The maximum absolute atomic E-state index is 6.29. The molecule has 6 rings (SSSR count). The number of hydrogen-bond acceptors (Lipinski definition) is 2. The summed E-state index contributed by atoms with van der Waals surface area (Å²) in [4.78, 5) is 0. The fraction of sp³-hybridized carbons (Fsp3) is 0.0769. The van der Waals surface area contributed by atoms with E-state index in [0.29, 0.717) is 0 Å². The third kappa shape index (κ3) is 2.34. The van der Waals surface area contributed by atoms with E-state index in [1.54, 1.807) is 0 Å². The summed E-state index contributed by atoms with van der Waals surface area (Å²) in [5, 5.41) is 0. The summed E-state index contributed by atoms with van der Waals surface area (Å²) in [7, 11) is 4.13. The van der Waals surface area contributed by atoms with E-state index < -0.39 is 0 Å². The number of hydrogen-bond donors (Lipinski definition) is 0. The first-order valence-corrected chi connectivity index (χ1v) is 9.99. The van der Waals surface area contributed by atoms with E-state index in [-0.39, 0.29) is 0 Å². The standard InChI is InChI=1S/C26H20N2O2/c1-27-15-7-13-21-25(27)23(17-9-3-5-11-19(17)29-21)24-18-10-4-6-12-20(18)30-22-14-8-16-28(2)26(22)24/h3-16H,1-2H3/q+2/b24-23-. The van der Waals surface area contributed by atoms with Gasteiger partial charge >= 0.3 is 0 Å². The van der Waals surface area contributed by atoms with Gasteiger partial charge in [0.1, 0.15) is 25.6 Å². The van der Waals surface area contributed by atoms with E-state index in [1.807, 2.05) is 48.5 Å². The maximum atomic E-state index is 6.29. The largest absolute Gasteiger partial charge is 0.450 e. The van der Waals surface area contributed by atoms with Crippen LogP contribution in [0.1, 0.15) is 22.5 Å². The molecule has 2 aliphatic rings. The van der Waals surface area contributed by atoms with Crippen molar-refractivity contribution in [3.63, 3.8) is 0 Å². The van der Waals surface area contributed by atoms with Crippen LogP contribution in [0, 0.1) is 0 Å². The normalized spacial score (nSPS) is 15.8. The van der Waals surface area contributed by atoms with Crippen molar-refractivity contribution in [1.82, 2.24) is 0 Å². The molecule has 0 bridgehead atoms. The highest BCUT2D eigenvalue weighted by atomic mass is 16.5. The van der Waals surface area contributed by atoms with Crippen LogP contribution < -0.4 is 18.6 Å². The zero-order valence-corrected chi connectivity index (χ0v) is 16.8. The van der Waals surface area contributed by atoms with Gasteiger partial charge in [-0.05, 0) is 24.3 Å². The molecule has 0 aliphatic carbocycles. The molecule has 2 aromatic heterocycles. The van der Waals surface area contributed by atoms with Gasteiger partial charge in [-0.15, -0.1) is 0 Å². The number of aryl methyl sites for hydroxylation is 2. The van der Waals surface area contributed by atoms with E-state index in [0.717, 1.165) is 56.7 Å². The van der Waals surface area contributed by atoms with Gasteiger partial charge in [0.2, 0.25) is 0 Å². The van der Waals surface area contributed by atoms with Crippen LogP contribution in [0.15, 0.2) is 85.2 Å². The third-order valence-electron chi connectivity index (χ3n) is 5.76. The average Bonchev–Trinajstić information content (AvgIpc) is 2.77. The van der Waals surface area contributed by atoms with Gasteiger partial charge in [0.05, 0.1) is 11.1 Å². The van der Waals surface area contributed by atoms with Crippen LogP contribution >= 0.6 is 0 Å². The van der Waals surface area contributed by atoms with Crippen LogP contribution in [0.3, 0.4) is 0 Å². The van der Waals surface area contributed by atoms with Crippen LogP contribution in [0.25, 0.3) is 11.1 Å². The number of rotatable bonds is 0. The molecule has 4 aromatic rings. The van der Waals surface area contributed by atoms with Gasteiger partial charge in [-0.2, -0.15) is 9.13 Å². The van der Waals surface area contributed by atoms with Gasteiger partial charge in [0.15, 0.2) is 23.9 Å². The molecular weight excluding hydrogens is 372 g/mol. The van der Waals surface area contributed by atoms with E-state index in [1.165, 1.54) is 0 Å². The molecule has 0 fully saturated rings. The highest BCUT2D eigenvalue weighted by Crippen LogP contribution is 2.51. The Morgan fingerprint density at radius 2 is 0.900 bits per heavy atom. The average molecular weight is 392 g/mol. The van der Waals surface area contributed by atoms with Crippen molar-refractivity contribution < 1.29 is 18.6 Å². The van der Waals surface area contributed by atoms with Crippen molar-refractivity contribution in [2.45, 2.75) is 0 Å². The third-order valence-corrected chi connectivity index (χ3v) is 5.76. The molecule has 30 heavy (non-hydrogen) atoms. The minimum absolute atomic E-state index is 0.852. The molecule has 2 aromatic carbocycles. The topological polar surface area (TPSA) is 26.2 Å². The first kappa shape index (κ1) is 17.0. The quantitative estimate of drug-likeness (QED) is 0.355. The predicted octanol–water partition coefficient (Wildman–Crippen LogP) is 4.55. The summed E-state index contributed by atoms with van der Waals surface area (Å²) < 4.78 is 16.9. The number of nitrogens with zero attached hydrogens (tertiary/aromatic N) is 2. The molecule has 2 aliphatic heterocycles. The number of benzene rings is 2. The Hall–Kier alpha value is -3.92. The highest BCUT2D eigenvalue weighted by molar-refractivity contribution is 6.07. The summed E-state index contributed by atoms with van der Waals surface area (Å²) >= 11 is 0. The maximum Gasteiger partial charge on any atom is 0.256 e. The highest BCUT2D eigenvalue weighted by Gasteiger charge is 2.39. The van der Waals surface area contributed by atoms with E-state index >= 15 is 0 Å². The zero-order chi connectivity index (χ0) is 20.2. The lowest BCUT2D eigenvalue weighted by atomic mass is 9.86. The van der Waals surface area contributed by atoms with Gasteiger partial charge in [-0.3, -0.25) is 0 Å². The molecule has 0 saturated carbocycles. The van der Waals surface area contributed by atoms with Gasteiger partial charge in [-0.1, -0.05) is 36.4 Å². The van der Waals surface area contributed by atoms with Crippen LogP contribution in [-0.2, 0) is 14.1 Å². The fourth-order valence-electron chi connectivity index (χ4n) is 4.46. The second kappa shape index (κ2) is 6.29. The SMILES string of the molecule is C[n+]1cccc2c1/C(=C1/c3ccccc3Oc3ccc[n+](C)c31)c1ccccc1O2. The van der Waals surface area contributed by atoms with Crippen LogP contribution in [0.4, 0.5) is 0 Å². The van der Waals surface area contributed by atoms with Crippen molar-refractivity contribution in [2.75, 3.05) is 0 Å². The van der Waals surface area contributed by atoms with Crippen molar-refractivity contribution in [1.29, 1.82) is 0 Å². The lowest BCUT2D eigenvalue weighted by molar-refractivity contribution is -0.675. The Bertz CT molecular complexity index is 1270. The Morgan fingerprint density at radius 3 is 1.37 bits per heavy atom. The second-order valence-electron chi connectivity index (χ2n) is 7.61. The summed E-state index contributed by atoms with van der Waals surface area (Å²) in [6.07, 6.45) is 4.13. The molecule has 4 heterocycles. The van der Waals surface area contributed by atoms with Crippen molar-refractivity contribution >= 4 is 11.1 Å². The van der Waals surface area contributed by atoms with E-state index in [4.69, 9.17) is 9.47 Å². The second-order valence-corrected chi connectivity index (χ2v) is 7.61. The molecule has 144 valence electrons. The lowest BCUT2D eigenvalue weighted by Gasteiger charge is -2.26. The van der Waals surface area contributed by atoms with E-state index in [9.17, 15) is 0 Å². The fourth-order valence-corrected chi connectivity index (χ4v) is 4.46. The molecule has 0 spiro atoms. The van der Waals surface area contributed by atoms with Crippen molar-refractivity contribution in [3.05, 3.63) is 108 Å². The lowest BCUT2D eigenvalue weighted by Crippen LogP contribution is -2.37. The first-order valence-electron chi connectivity index (χ1n) is 9.99. The molecule has 4 heteroatoms. The molecule has 0 N–H and O–H groups in total. The number of ether oxygens (including phenoxy) is 2. The summed E-state index contributed by atoms with van der Waals surface area (Å²) in [6, 6.07) is 24.6. The Morgan fingerprint density at radius 1 is 0.500 bits per heavy atom. The molecule has 0 saturated heterocycles. The summed E-state index contributed by atoms with van der Waals surface area (Å²) in [5.41, 5.74) is 6.56. The molecular formula is C26H20N2O2+2. The number of aromatic nitrogens is 2. The summed E-state index contributed by atoms with van der Waals surface area (Å²) in [6.45, 7) is 0. The van der Waals surface area contributed by atoms with Crippen LogP contribution in [0.2, 0.25) is 0 Å².